The second-order valence-corrected chi connectivity index (χ2v) is 7.97. The third-order valence-electron chi connectivity index (χ3n) is 7.03. The molecule has 3 aliphatic heterocycles. The van der Waals surface area contributed by atoms with Gasteiger partial charge in [0.2, 0.25) is 0 Å². The Hall–Kier alpha value is -1.44. The maximum absolute atomic E-state index is 12.6. The number of hydrogen-bond acceptors (Lipinski definition) is 7. The van der Waals surface area contributed by atoms with Gasteiger partial charge in [-0.2, -0.15) is 0 Å². The van der Waals surface area contributed by atoms with Crippen LogP contribution < -0.4 is 0 Å². The molecule has 9 atom stereocenters. The first-order chi connectivity index (χ1) is 11.2. The molecule has 7 nitrogen and oxygen atoms in total. The average molecular weight is 336 g/mol. The monoisotopic (exact) mass is 336 g/mol. The van der Waals surface area contributed by atoms with Crippen LogP contribution in [0.15, 0.2) is 12.2 Å². The first-order valence-electron chi connectivity index (χ1n) is 8.25. The SMILES string of the molecule is C=C(C)C1C2OC(=O)C1[C@]1(O)[C@H]3O[C@H]3[C@]3(OC(C)=O)CO[C@@H]2[C@@]31C. The van der Waals surface area contributed by atoms with Crippen molar-refractivity contribution in [3.05, 3.63) is 12.2 Å². The lowest BCUT2D eigenvalue weighted by molar-refractivity contribution is -0.235. The molecule has 2 bridgehead atoms. The van der Waals surface area contributed by atoms with E-state index in [2.05, 4.69) is 6.58 Å². The van der Waals surface area contributed by atoms with Crippen molar-refractivity contribution in [2.75, 3.05) is 6.61 Å². The van der Waals surface area contributed by atoms with Gasteiger partial charge < -0.3 is 24.1 Å². The summed E-state index contributed by atoms with van der Waals surface area (Å²) in [6.45, 7) is 9.10. The Bertz CT molecular complexity index is 703. The van der Waals surface area contributed by atoms with Gasteiger partial charge in [-0.25, -0.2) is 0 Å². The molecule has 0 amide bonds. The van der Waals surface area contributed by atoms with Gasteiger partial charge >= 0.3 is 11.9 Å². The molecule has 0 spiro atoms. The van der Waals surface area contributed by atoms with Crippen LogP contribution in [0.3, 0.4) is 0 Å². The number of esters is 2. The van der Waals surface area contributed by atoms with E-state index in [1.807, 2.05) is 13.8 Å². The summed E-state index contributed by atoms with van der Waals surface area (Å²) >= 11 is 0. The Morgan fingerprint density at radius 2 is 2.04 bits per heavy atom. The fourth-order valence-corrected chi connectivity index (χ4v) is 6.07. The highest BCUT2D eigenvalue weighted by Gasteiger charge is 2.94. The van der Waals surface area contributed by atoms with E-state index in [0.29, 0.717) is 0 Å². The summed E-state index contributed by atoms with van der Waals surface area (Å²) in [5, 5.41) is 11.8. The summed E-state index contributed by atoms with van der Waals surface area (Å²) in [5.41, 5.74) is -2.80. The van der Waals surface area contributed by atoms with Crippen LogP contribution in [0, 0.1) is 17.3 Å². The summed E-state index contributed by atoms with van der Waals surface area (Å²) in [5.74, 6) is -2.03. The molecule has 0 aromatic rings. The van der Waals surface area contributed by atoms with Gasteiger partial charge in [-0.3, -0.25) is 9.59 Å². The van der Waals surface area contributed by atoms with E-state index in [1.165, 1.54) is 6.92 Å². The molecule has 1 N–H and O–H groups in total. The third kappa shape index (κ3) is 1.18. The van der Waals surface area contributed by atoms with Gasteiger partial charge in [0.15, 0.2) is 5.60 Å². The lowest BCUT2D eigenvalue weighted by Gasteiger charge is -2.54. The van der Waals surface area contributed by atoms with E-state index in [-0.39, 0.29) is 12.5 Å². The number of fused-ring (bicyclic) bond motifs is 7. The van der Waals surface area contributed by atoms with Crippen molar-refractivity contribution < 1.29 is 33.6 Å². The fraction of sp³-hybridized carbons (Fsp3) is 0.765. The molecule has 130 valence electrons. The van der Waals surface area contributed by atoms with Crippen molar-refractivity contribution in [2.24, 2.45) is 17.3 Å². The molecule has 7 heteroatoms. The molecule has 5 fully saturated rings. The zero-order valence-electron chi connectivity index (χ0n) is 13.8. The van der Waals surface area contributed by atoms with Crippen LogP contribution in [0.1, 0.15) is 20.8 Å². The maximum atomic E-state index is 12.6. The van der Waals surface area contributed by atoms with Crippen LogP contribution in [0.4, 0.5) is 0 Å². The summed E-state index contributed by atoms with van der Waals surface area (Å²) < 4.78 is 23.0. The molecule has 0 radical (unpaired) electrons. The molecule has 3 unspecified atom stereocenters. The van der Waals surface area contributed by atoms with E-state index in [4.69, 9.17) is 18.9 Å². The minimum atomic E-state index is -1.51. The summed E-state index contributed by atoms with van der Waals surface area (Å²) in [4.78, 5) is 24.3. The molecule has 3 heterocycles. The predicted octanol–water partition coefficient (Wildman–Crippen LogP) is -0.0470. The first kappa shape index (κ1) is 14.9. The van der Waals surface area contributed by atoms with Crippen LogP contribution in [-0.2, 0) is 28.5 Å². The molecule has 5 rings (SSSR count). The average Bonchev–Trinajstić information content (AvgIpc) is 3.11. The van der Waals surface area contributed by atoms with E-state index in [9.17, 15) is 14.7 Å². The van der Waals surface area contributed by atoms with Gasteiger partial charge in [0.05, 0.1) is 17.9 Å². The van der Waals surface area contributed by atoms with Gasteiger partial charge in [-0.15, -0.1) is 0 Å². The lowest BCUT2D eigenvalue weighted by Crippen LogP contribution is -2.70. The smallest absolute Gasteiger partial charge is 0.313 e. The molecule has 3 saturated heterocycles. The molecule has 2 saturated carbocycles. The highest BCUT2D eigenvalue weighted by Crippen LogP contribution is 2.75. The predicted molar refractivity (Wildman–Crippen MR) is 77.6 cm³/mol. The van der Waals surface area contributed by atoms with Crippen molar-refractivity contribution in [3.8, 4) is 0 Å². The Labute approximate surface area is 138 Å². The normalized spacial score (nSPS) is 58.8. The van der Waals surface area contributed by atoms with Crippen LogP contribution in [0.25, 0.3) is 0 Å². The van der Waals surface area contributed by atoms with Gasteiger partial charge in [0, 0.05) is 12.8 Å². The highest BCUT2D eigenvalue weighted by molar-refractivity contribution is 5.80. The second-order valence-electron chi connectivity index (χ2n) is 7.97. The standard InChI is InChI=1S/C17H20O7/c1-6(2)8-9-14(19)22-10(8)11-15(4)16(5-21-11,24-7(3)18)12-13(23-12)17(9,15)20/h8-13,20H,1,5H2,2-4H3/t8?,9?,10?,11-,12+,13-,15-,16+,17-/m0/s1. The number of ether oxygens (including phenoxy) is 4. The minimum absolute atomic E-state index is 0.126. The van der Waals surface area contributed by atoms with Crippen molar-refractivity contribution in [3.63, 3.8) is 0 Å². The Kier molecular flexibility index (Phi) is 2.39. The molecule has 5 aliphatic rings. The Morgan fingerprint density at radius 3 is 2.67 bits per heavy atom. The highest BCUT2D eigenvalue weighted by atomic mass is 16.7. The summed E-state index contributed by atoms with van der Waals surface area (Å²) in [6.07, 6.45) is -2.12. The van der Waals surface area contributed by atoms with Crippen molar-refractivity contribution >= 4 is 11.9 Å². The Balaban J connectivity index is 1.74. The number of carbonyl (C=O) groups is 2. The van der Waals surface area contributed by atoms with E-state index in [1.54, 1.807) is 0 Å². The van der Waals surface area contributed by atoms with Crippen molar-refractivity contribution in [1.82, 2.24) is 0 Å². The van der Waals surface area contributed by atoms with Crippen LogP contribution in [0.5, 0.6) is 0 Å². The van der Waals surface area contributed by atoms with Crippen LogP contribution in [0.2, 0.25) is 0 Å². The molecule has 0 aromatic carbocycles. The van der Waals surface area contributed by atoms with Crippen molar-refractivity contribution in [1.29, 1.82) is 0 Å². The van der Waals surface area contributed by atoms with Crippen molar-refractivity contribution in [2.45, 2.75) is 56.4 Å². The van der Waals surface area contributed by atoms with E-state index in [0.717, 1.165) is 5.57 Å². The number of epoxide rings is 1. The van der Waals surface area contributed by atoms with Gasteiger partial charge in [-0.05, 0) is 13.8 Å². The van der Waals surface area contributed by atoms with Crippen LogP contribution in [-0.4, -0.2) is 59.3 Å². The van der Waals surface area contributed by atoms with Crippen LogP contribution >= 0.6 is 0 Å². The molecule has 0 aromatic heterocycles. The van der Waals surface area contributed by atoms with E-state index >= 15 is 0 Å². The van der Waals surface area contributed by atoms with Gasteiger partial charge in [0.25, 0.3) is 0 Å². The molecular formula is C17H20O7. The first-order valence-corrected chi connectivity index (χ1v) is 8.25. The van der Waals surface area contributed by atoms with Gasteiger partial charge in [0.1, 0.15) is 30.0 Å². The largest absolute Gasteiger partial charge is 0.459 e. The minimum Gasteiger partial charge on any atom is -0.459 e. The van der Waals surface area contributed by atoms with Gasteiger partial charge in [-0.1, -0.05) is 12.2 Å². The zero-order chi connectivity index (χ0) is 17.2. The summed E-state index contributed by atoms with van der Waals surface area (Å²) in [6, 6.07) is 0. The number of aliphatic hydroxyl groups is 1. The molecule has 2 aliphatic carbocycles. The Morgan fingerprint density at radius 1 is 1.33 bits per heavy atom. The lowest BCUT2D eigenvalue weighted by atomic mass is 9.52. The van der Waals surface area contributed by atoms with E-state index < -0.39 is 58.9 Å². The number of rotatable bonds is 2. The number of carbonyl (C=O) groups excluding carboxylic acids is 2. The molecule has 24 heavy (non-hydrogen) atoms. The second kappa shape index (κ2) is 3.86. The fourth-order valence-electron chi connectivity index (χ4n) is 6.07. The number of hydrogen-bond donors (Lipinski definition) is 1. The maximum Gasteiger partial charge on any atom is 0.313 e. The molecular weight excluding hydrogens is 316 g/mol. The zero-order valence-corrected chi connectivity index (χ0v) is 13.8. The topological polar surface area (TPSA) is 94.6 Å². The quantitative estimate of drug-likeness (QED) is 0.429. The third-order valence-corrected chi connectivity index (χ3v) is 7.03. The summed E-state index contributed by atoms with van der Waals surface area (Å²) in [7, 11) is 0.